The Bertz CT molecular complexity index is 625. The third kappa shape index (κ3) is 5.16. The third-order valence-corrected chi connectivity index (χ3v) is 3.93. The van der Waals surface area contributed by atoms with Gasteiger partial charge in [-0.3, -0.25) is 15.1 Å². The van der Waals surface area contributed by atoms with Gasteiger partial charge in [0.25, 0.3) is 5.69 Å². The van der Waals surface area contributed by atoms with Crippen LogP contribution in [0.1, 0.15) is 43.7 Å². The summed E-state index contributed by atoms with van der Waals surface area (Å²) in [6, 6.07) is 5.01. The second-order valence-corrected chi connectivity index (χ2v) is 5.74. The van der Waals surface area contributed by atoms with Crippen LogP contribution < -0.4 is 0 Å². The number of hydrogen-bond acceptors (Lipinski definition) is 5. The average Bonchev–Trinajstić information content (AvgIpc) is 2.58. The summed E-state index contributed by atoms with van der Waals surface area (Å²) in [5.74, 6) is 0.877. The summed E-state index contributed by atoms with van der Waals surface area (Å²) in [4.78, 5) is 14.9. The van der Waals surface area contributed by atoms with Gasteiger partial charge in [0.2, 0.25) is 0 Å². The minimum atomic E-state index is -0.404. The molecular weight excluding hydrogens is 308 g/mol. The van der Waals surface area contributed by atoms with Gasteiger partial charge in [0.05, 0.1) is 18.1 Å². The minimum Gasteiger partial charge on any atom is -0.498 e. The number of nitro benzene ring substituents is 1. The van der Waals surface area contributed by atoms with Crippen LogP contribution in [0.3, 0.4) is 0 Å². The van der Waals surface area contributed by atoms with E-state index < -0.39 is 6.23 Å². The maximum atomic E-state index is 11.0. The van der Waals surface area contributed by atoms with Crippen molar-refractivity contribution in [1.82, 2.24) is 0 Å². The second-order valence-electron chi connectivity index (χ2n) is 5.74. The Morgan fingerprint density at radius 2 is 2.21 bits per heavy atom. The van der Waals surface area contributed by atoms with Crippen LogP contribution in [-0.2, 0) is 16.1 Å². The van der Waals surface area contributed by atoms with E-state index in [1.807, 2.05) is 12.1 Å². The van der Waals surface area contributed by atoms with Crippen molar-refractivity contribution >= 4 is 11.9 Å². The van der Waals surface area contributed by atoms with Crippen LogP contribution in [-0.4, -0.2) is 24.0 Å². The molecule has 1 heterocycles. The van der Waals surface area contributed by atoms with E-state index in [1.54, 1.807) is 19.2 Å². The highest BCUT2D eigenvalue weighted by Gasteiger charge is 2.15. The van der Waals surface area contributed by atoms with E-state index in [-0.39, 0.29) is 17.2 Å². The standard InChI is InChI=1S/C18H24N2O4/c1-3-4-5-11-23-16-9-10-19-18(12-16)24-13-15-7-6-8-17(14(15)2)20(21)22/h6-8,10,12,18H,3-5,9,11,13H2,1-2H3. The summed E-state index contributed by atoms with van der Waals surface area (Å²) in [5, 5.41) is 11.0. The van der Waals surface area contributed by atoms with E-state index in [2.05, 4.69) is 11.9 Å². The van der Waals surface area contributed by atoms with Gasteiger partial charge in [-0.15, -0.1) is 0 Å². The van der Waals surface area contributed by atoms with Crippen LogP contribution in [0, 0.1) is 17.0 Å². The number of allylic oxidation sites excluding steroid dienone is 1. The van der Waals surface area contributed by atoms with Gasteiger partial charge in [-0.1, -0.05) is 31.9 Å². The van der Waals surface area contributed by atoms with Crippen molar-refractivity contribution in [3.63, 3.8) is 0 Å². The van der Waals surface area contributed by atoms with Crippen LogP contribution in [0.5, 0.6) is 0 Å². The molecular formula is C18H24N2O4. The molecule has 0 bridgehead atoms. The fourth-order valence-corrected chi connectivity index (χ4v) is 2.47. The Balaban J connectivity index is 1.90. The Morgan fingerprint density at radius 1 is 1.38 bits per heavy atom. The van der Waals surface area contributed by atoms with Gasteiger partial charge < -0.3 is 9.47 Å². The summed E-state index contributed by atoms with van der Waals surface area (Å²) in [6.45, 7) is 4.88. The van der Waals surface area contributed by atoms with Crippen LogP contribution >= 0.6 is 0 Å². The predicted octanol–water partition coefficient (Wildman–Crippen LogP) is 4.31. The topological polar surface area (TPSA) is 74.0 Å². The lowest BCUT2D eigenvalue weighted by atomic mass is 10.1. The number of nitrogens with zero attached hydrogens (tertiary/aromatic N) is 2. The zero-order chi connectivity index (χ0) is 17.4. The summed E-state index contributed by atoms with van der Waals surface area (Å²) in [6.07, 6.45) is 7.31. The summed E-state index contributed by atoms with van der Waals surface area (Å²) in [5.41, 5.74) is 1.53. The molecule has 0 saturated heterocycles. The first kappa shape index (κ1) is 18.1. The SMILES string of the molecule is CCCCCOC1=CC(OCc2cccc([N+](=O)[O-])c2C)N=CC1. The molecule has 0 aliphatic carbocycles. The van der Waals surface area contributed by atoms with Gasteiger partial charge in [0.15, 0.2) is 6.23 Å². The van der Waals surface area contributed by atoms with Crippen LogP contribution in [0.4, 0.5) is 5.69 Å². The molecule has 1 atom stereocenters. The molecule has 1 aromatic carbocycles. The Labute approximate surface area is 142 Å². The number of benzene rings is 1. The highest BCUT2D eigenvalue weighted by Crippen LogP contribution is 2.23. The van der Waals surface area contributed by atoms with E-state index in [1.165, 1.54) is 6.07 Å². The van der Waals surface area contributed by atoms with E-state index >= 15 is 0 Å². The number of unbranched alkanes of at least 4 members (excludes halogenated alkanes) is 2. The fourth-order valence-electron chi connectivity index (χ4n) is 2.47. The first-order valence-electron chi connectivity index (χ1n) is 8.31. The molecule has 0 saturated carbocycles. The minimum absolute atomic E-state index is 0.110. The Kier molecular flexibility index (Phi) is 6.93. The molecule has 0 fully saturated rings. The zero-order valence-electron chi connectivity index (χ0n) is 14.2. The third-order valence-electron chi connectivity index (χ3n) is 3.93. The van der Waals surface area contributed by atoms with Gasteiger partial charge in [-0.05, 0) is 18.9 Å². The van der Waals surface area contributed by atoms with Gasteiger partial charge in [-0.2, -0.15) is 0 Å². The maximum Gasteiger partial charge on any atom is 0.272 e. The average molecular weight is 332 g/mol. The smallest absolute Gasteiger partial charge is 0.272 e. The molecule has 0 aromatic heterocycles. The summed E-state index contributed by atoms with van der Waals surface area (Å²) >= 11 is 0. The number of ether oxygens (including phenoxy) is 2. The van der Waals surface area contributed by atoms with Crippen molar-refractivity contribution in [3.05, 3.63) is 51.3 Å². The predicted molar refractivity (Wildman–Crippen MR) is 93.1 cm³/mol. The number of rotatable bonds is 9. The molecule has 6 heteroatoms. The molecule has 1 aromatic rings. The number of hydrogen-bond donors (Lipinski definition) is 0. The van der Waals surface area contributed by atoms with Crippen LogP contribution in [0.25, 0.3) is 0 Å². The largest absolute Gasteiger partial charge is 0.498 e. The molecule has 0 spiro atoms. The first-order valence-corrected chi connectivity index (χ1v) is 8.31. The lowest BCUT2D eigenvalue weighted by molar-refractivity contribution is -0.385. The normalized spacial score (nSPS) is 16.8. The lowest BCUT2D eigenvalue weighted by Crippen LogP contribution is -2.14. The van der Waals surface area contributed by atoms with E-state index in [9.17, 15) is 10.1 Å². The zero-order valence-corrected chi connectivity index (χ0v) is 14.2. The monoisotopic (exact) mass is 332 g/mol. The van der Waals surface area contributed by atoms with E-state index in [0.29, 0.717) is 18.6 Å². The molecule has 0 radical (unpaired) electrons. The molecule has 1 aliphatic heterocycles. The lowest BCUT2D eigenvalue weighted by Gasteiger charge is -2.17. The van der Waals surface area contributed by atoms with Crippen molar-refractivity contribution < 1.29 is 14.4 Å². The molecule has 6 nitrogen and oxygen atoms in total. The van der Waals surface area contributed by atoms with Gasteiger partial charge in [-0.25, -0.2) is 0 Å². The number of dihydropyridines is 1. The molecule has 0 N–H and O–H groups in total. The van der Waals surface area contributed by atoms with Crippen molar-refractivity contribution in [2.45, 2.75) is 52.4 Å². The van der Waals surface area contributed by atoms with Crippen LogP contribution in [0.2, 0.25) is 0 Å². The second kappa shape index (κ2) is 9.17. The van der Waals surface area contributed by atoms with Crippen molar-refractivity contribution in [2.24, 2.45) is 4.99 Å². The van der Waals surface area contributed by atoms with E-state index in [0.717, 1.165) is 30.6 Å². The Morgan fingerprint density at radius 3 is 2.96 bits per heavy atom. The van der Waals surface area contributed by atoms with Gasteiger partial charge in [0, 0.05) is 30.3 Å². The van der Waals surface area contributed by atoms with E-state index in [4.69, 9.17) is 9.47 Å². The molecule has 130 valence electrons. The van der Waals surface area contributed by atoms with Crippen molar-refractivity contribution in [1.29, 1.82) is 0 Å². The highest BCUT2D eigenvalue weighted by atomic mass is 16.6. The van der Waals surface area contributed by atoms with Crippen molar-refractivity contribution in [3.8, 4) is 0 Å². The number of nitro groups is 1. The van der Waals surface area contributed by atoms with Crippen molar-refractivity contribution in [2.75, 3.05) is 6.61 Å². The van der Waals surface area contributed by atoms with Crippen LogP contribution in [0.15, 0.2) is 35.0 Å². The summed E-state index contributed by atoms with van der Waals surface area (Å²) < 4.78 is 11.5. The summed E-state index contributed by atoms with van der Waals surface area (Å²) in [7, 11) is 0. The van der Waals surface area contributed by atoms with Gasteiger partial charge in [0.1, 0.15) is 5.76 Å². The molecule has 2 rings (SSSR count). The quantitative estimate of drug-likeness (QED) is 0.384. The number of aliphatic imine (C=N–C) groups is 1. The van der Waals surface area contributed by atoms with Gasteiger partial charge >= 0.3 is 0 Å². The highest BCUT2D eigenvalue weighted by molar-refractivity contribution is 5.62. The Hall–Kier alpha value is -2.21. The first-order chi connectivity index (χ1) is 11.6. The molecule has 1 unspecified atom stereocenters. The maximum absolute atomic E-state index is 11.0. The molecule has 24 heavy (non-hydrogen) atoms. The molecule has 0 amide bonds. The molecule has 1 aliphatic rings. The fraction of sp³-hybridized carbons (Fsp3) is 0.500.